The average molecular weight is 408 g/mol. The maximum atomic E-state index is 12.0. The second kappa shape index (κ2) is 9.70. The molecule has 148 valence electrons. The topological polar surface area (TPSA) is 104 Å². The third kappa shape index (κ3) is 6.32. The third-order valence-electron chi connectivity index (χ3n) is 3.81. The normalized spacial score (nSPS) is 10.4. The van der Waals surface area contributed by atoms with E-state index in [0.717, 1.165) is 11.3 Å². The number of hydrogen-bond donors (Lipinski definition) is 3. The van der Waals surface area contributed by atoms with Crippen molar-refractivity contribution < 1.29 is 14.7 Å². The summed E-state index contributed by atoms with van der Waals surface area (Å²) in [5, 5.41) is 15.0. The lowest BCUT2D eigenvalue weighted by atomic mass is 10.2. The van der Waals surface area contributed by atoms with Crippen LogP contribution in [-0.4, -0.2) is 38.4 Å². The van der Waals surface area contributed by atoms with Crippen molar-refractivity contribution in [1.29, 1.82) is 0 Å². The van der Waals surface area contributed by atoms with Crippen molar-refractivity contribution in [1.82, 2.24) is 9.97 Å². The molecule has 1 heterocycles. The number of amides is 2. The molecule has 0 saturated carbocycles. The van der Waals surface area contributed by atoms with Gasteiger partial charge in [0.25, 0.3) is 0 Å². The minimum Gasteiger partial charge on any atom is -0.508 e. The molecule has 2 aromatic carbocycles. The number of aryl methyl sites for hydroxylation is 1. The summed E-state index contributed by atoms with van der Waals surface area (Å²) in [5.41, 5.74) is 2.94. The molecule has 0 atom stereocenters. The number of aromatic nitrogens is 2. The molecule has 3 N–H and O–H groups in total. The van der Waals surface area contributed by atoms with Gasteiger partial charge in [-0.25, -0.2) is 9.97 Å². The van der Waals surface area contributed by atoms with E-state index in [2.05, 4.69) is 20.6 Å². The summed E-state index contributed by atoms with van der Waals surface area (Å²) < 4.78 is 0. The third-order valence-corrected chi connectivity index (χ3v) is 4.74. The fourth-order valence-electron chi connectivity index (χ4n) is 2.54. The highest BCUT2D eigenvalue weighted by Crippen LogP contribution is 2.20. The van der Waals surface area contributed by atoms with Gasteiger partial charge in [-0.2, -0.15) is 0 Å². The first-order valence-corrected chi connectivity index (χ1v) is 10.0. The van der Waals surface area contributed by atoms with E-state index in [0.29, 0.717) is 17.1 Å². The van der Waals surface area contributed by atoms with E-state index in [-0.39, 0.29) is 29.1 Å². The summed E-state index contributed by atoms with van der Waals surface area (Å²) in [6.07, 6.45) is 3.00. The smallest absolute Gasteiger partial charge is 0.234 e. The van der Waals surface area contributed by atoms with Crippen LogP contribution >= 0.6 is 11.8 Å². The molecule has 0 spiro atoms. The van der Waals surface area contributed by atoms with Crippen LogP contribution in [0.5, 0.6) is 5.75 Å². The number of rotatable bonds is 7. The van der Waals surface area contributed by atoms with Gasteiger partial charge in [0.05, 0.1) is 29.6 Å². The number of nitrogens with zero attached hydrogens (tertiary/aromatic N) is 2. The molecular formula is C21H20N4O3S. The minimum absolute atomic E-state index is 0.131. The number of carbonyl (C=O) groups excluding carboxylic acids is 2. The SMILES string of the molecule is Cc1cccc(NC(=O)CSCC(=O)Nc2cnc(-c3cccc(O)c3)nc2)c1. The van der Waals surface area contributed by atoms with Crippen molar-refractivity contribution in [2.24, 2.45) is 0 Å². The molecule has 1 aromatic heterocycles. The van der Waals surface area contributed by atoms with Crippen molar-refractivity contribution in [3.63, 3.8) is 0 Å². The van der Waals surface area contributed by atoms with Crippen molar-refractivity contribution in [2.45, 2.75) is 6.92 Å². The molecule has 3 aromatic rings. The van der Waals surface area contributed by atoms with Crippen molar-refractivity contribution in [3.05, 3.63) is 66.5 Å². The Morgan fingerprint density at radius 1 is 0.931 bits per heavy atom. The first kappa shape index (κ1) is 20.3. The number of phenols is 1. The van der Waals surface area contributed by atoms with E-state index in [1.165, 1.54) is 24.2 Å². The van der Waals surface area contributed by atoms with E-state index < -0.39 is 0 Å². The van der Waals surface area contributed by atoms with Crippen molar-refractivity contribution in [2.75, 3.05) is 22.1 Å². The molecule has 0 bridgehead atoms. The lowest BCUT2D eigenvalue weighted by molar-refractivity contribution is -0.114. The molecule has 0 saturated heterocycles. The first-order chi connectivity index (χ1) is 14.0. The number of hydrogen-bond acceptors (Lipinski definition) is 6. The zero-order valence-electron chi connectivity index (χ0n) is 15.8. The minimum atomic E-state index is -0.243. The van der Waals surface area contributed by atoms with Crippen molar-refractivity contribution in [3.8, 4) is 17.1 Å². The van der Waals surface area contributed by atoms with Gasteiger partial charge >= 0.3 is 0 Å². The van der Waals surface area contributed by atoms with Crippen molar-refractivity contribution >= 4 is 35.0 Å². The predicted molar refractivity (Wildman–Crippen MR) is 115 cm³/mol. The molecule has 0 radical (unpaired) electrons. The van der Waals surface area contributed by atoms with Crippen LogP contribution in [0.15, 0.2) is 60.9 Å². The summed E-state index contributed by atoms with van der Waals surface area (Å²) in [5.74, 6) is 0.483. The second-order valence-electron chi connectivity index (χ2n) is 6.30. The number of carbonyl (C=O) groups is 2. The molecule has 29 heavy (non-hydrogen) atoms. The Morgan fingerprint density at radius 3 is 2.24 bits per heavy atom. The van der Waals surface area contributed by atoms with Gasteiger partial charge in [0.1, 0.15) is 5.75 Å². The molecular weight excluding hydrogens is 388 g/mol. The summed E-state index contributed by atoms with van der Waals surface area (Å²) in [6, 6.07) is 14.2. The van der Waals surface area contributed by atoms with Gasteiger partial charge < -0.3 is 15.7 Å². The monoisotopic (exact) mass is 408 g/mol. The summed E-state index contributed by atoms with van der Waals surface area (Å²) >= 11 is 1.22. The maximum Gasteiger partial charge on any atom is 0.234 e. The number of aromatic hydroxyl groups is 1. The Labute approximate surface area is 172 Å². The van der Waals surface area contributed by atoms with Crippen LogP contribution in [0, 0.1) is 6.92 Å². The Hall–Kier alpha value is -3.39. The number of benzene rings is 2. The van der Waals surface area contributed by atoms with Crippen LogP contribution in [0.4, 0.5) is 11.4 Å². The van der Waals surface area contributed by atoms with Crippen LogP contribution in [0.3, 0.4) is 0 Å². The van der Waals surface area contributed by atoms with Crippen LogP contribution in [-0.2, 0) is 9.59 Å². The lowest BCUT2D eigenvalue weighted by Crippen LogP contribution is -2.18. The number of anilines is 2. The molecule has 0 fully saturated rings. The van der Waals surface area contributed by atoms with E-state index in [9.17, 15) is 14.7 Å². The van der Waals surface area contributed by atoms with Gasteiger partial charge in [0.15, 0.2) is 5.82 Å². The zero-order valence-corrected chi connectivity index (χ0v) is 16.6. The molecule has 7 nitrogen and oxygen atoms in total. The highest BCUT2D eigenvalue weighted by molar-refractivity contribution is 8.00. The summed E-state index contributed by atoms with van der Waals surface area (Å²) in [6.45, 7) is 1.95. The molecule has 8 heteroatoms. The second-order valence-corrected chi connectivity index (χ2v) is 7.29. The van der Waals surface area contributed by atoms with Crippen LogP contribution in [0.25, 0.3) is 11.4 Å². The molecule has 0 unspecified atom stereocenters. The van der Waals surface area contributed by atoms with Gasteiger partial charge in [0.2, 0.25) is 11.8 Å². The van der Waals surface area contributed by atoms with Gasteiger partial charge in [-0.15, -0.1) is 11.8 Å². The molecule has 0 aliphatic heterocycles. The Morgan fingerprint density at radius 2 is 1.59 bits per heavy atom. The Balaban J connectivity index is 1.44. The van der Waals surface area contributed by atoms with E-state index in [1.54, 1.807) is 24.3 Å². The fraction of sp³-hybridized carbons (Fsp3) is 0.143. The van der Waals surface area contributed by atoms with Gasteiger partial charge in [-0.05, 0) is 36.8 Å². The lowest BCUT2D eigenvalue weighted by Gasteiger charge is -2.07. The molecule has 0 aliphatic carbocycles. The summed E-state index contributed by atoms with van der Waals surface area (Å²) in [7, 11) is 0. The Bertz CT molecular complexity index is 1010. The highest BCUT2D eigenvalue weighted by Gasteiger charge is 2.08. The quantitative estimate of drug-likeness (QED) is 0.553. The van der Waals surface area contributed by atoms with Crippen LogP contribution < -0.4 is 10.6 Å². The molecule has 2 amide bonds. The van der Waals surface area contributed by atoms with E-state index in [1.807, 2.05) is 31.2 Å². The average Bonchev–Trinajstić information content (AvgIpc) is 2.68. The van der Waals surface area contributed by atoms with Gasteiger partial charge in [0, 0.05) is 11.3 Å². The molecule has 0 aliphatic rings. The van der Waals surface area contributed by atoms with Gasteiger partial charge in [-0.3, -0.25) is 9.59 Å². The number of phenolic OH excluding ortho intramolecular Hbond substituents is 1. The predicted octanol–water partition coefficient (Wildman–Crippen LogP) is 3.47. The zero-order chi connectivity index (χ0) is 20.6. The van der Waals surface area contributed by atoms with E-state index in [4.69, 9.17) is 0 Å². The fourth-order valence-corrected chi connectivity index (χ4v) is 3.16. The number of thioether (sulfide) groups is 1. The maximum absolute atomic E-state index is 12.0. The standard InChI is InChI=1S/C21H20N4O3S/c1-14-4-2-6-16(8-14)24-19(27)12-29-13-20(28)25-17-10-22-21(23-11-17)15-5-3-7-18(26)9-15/h2-11,26H,12-13H2,1H3,(H,24,27)(H,25,28). The Kier molecular flexibility index (Phi) is 6.80. The van der Waals surface area contributed by atoms with Gasteiger partial charge in [-0.1, -0.05) is 24.3 Å². The molecule has 3 rings (SSSR count). The largest absolute Gasteiger partial charge is 0.508 e. The van der Waals surface area contributed by atoms with Crippen LogP contribution in [0.1, 0.15) is 5.56 Å². The first-order valence-electron chi connectivity index (χ1n) is 8.85. The number of nitrogens with one attached hydrogen (secondary N) is 2. The van der Waals surface area contributed by atoms with E-state index >= 15 is 0 Å². The van der Waals surface area contributed by atoms with Crippen LogP contribution in [0.2, 0.25) is 0 Å². The summed E-state index contributed by atoms with van der Waals surface area (Å²) in [4.78, 5) is 32.4. The highest BCUT2D eigenvalue weighted by atomic mass is 32.2.